The zero-order chi connectivity index (χ0) is 14.9. The molecule has 2 aliphatic rings. The third-order valence-electron chi connectivity index (χ3n) is 4.34. The summed E-state index contributed by atoms with van der Waals surface area (Å²) in [5.74, 6) is 1.61. The van der Waals surface area contributed by atoms with Gasteiger partial charge in [0.2, 0.25) is 10.0 Å². The average molecular weight is 313 g/mol. The maximum Gasteiger partial charge on any atom is 0.211 e. The molecule has 0 bridgehead atoms. The Balaban J connectivity index is 1.43. The van der Waals surface area contributed by atoms with Crippen molar-refractivity contribution in [2.45, 2.75) is 25.4 Å². The monoisotopic (exact) mass is 313 g/mol. The second-order valence-electron chi connectivity index (χ2n) is 5.99. The Bertz CT molecular complexity index is 577. The van der Waals surface area contributed by atoms with Crippen LogP contribution < -0.4 is 10.6 Å². The second-order valence-corrected chi connectivity index (χ2v) is 7.97. The highest BCUT2D eigenvalue weighted by molar-refractivity contribution is 7.88. The van der Waals surface area contributed by atoms with Crippen LogP contribution in [0.4, 0.5) is 5.82 Å². The summed E-state index contributed by atoms with van der Waals surface area (Å²) in [4.78, 5) is 0. The molecule has 3 rings (SSSR count). The number of nitrogens with one attached hydrogen (secondary N) is 2. The smallest absolute Gasteiger partial charge is 0.211 e. The Morgan fingerprint density at radius 3 is 2.90 bits per heavy atom. The normalized spacial score (nSPS) is 24.5. The first-order valence-electron chi connectivity index (χ1n) is 7.46. The molecule has 21 heavy (non-hydrogen) atoms. The highest BCUT2D eigenvalue weighted by atomic mass is 32.2. The van der Waals surface area contributed by atoms with Crippen LogP contribution in [-0.4, -0.2) is 61.0 Å². The van der Waals surface area contributed by atoms with Crippen LogP contribution in [0.25, 0.3) is 0 Å². The van der Waals surface area contributed by atoms with Gasteiger partial charge in [0.1, 0.15) is 5.82 Å². The summed E-state index contributed by atoms with van der Waals surface area (Å²) in [6, 6.07) is 2.41. The largest absolute Gasteiger partial charge is 0.370 e. The van der Waals surface area contributed by atoms with Crippen molar-refractivity contribution in [2.75, 3.05) is 37.8 Å². The minimum absolute atomic E-state index is 0.419. The van der Waals surface area contributed by atoms with Crippen LogP contribution in [0.5, 0.6) is 0 Å². The lowest BCUT2D eigenvalue weighted by Crippen LogP contribution is -2.46. The van der Waals surface area contributed by atoms with Crippen molar-refractivity contribution in [3.63, 3.8) is 0 Å². The molecule has 0 spiro atoms. The summed E-state index contributed by atoms with van der Waals surface area (Å²) in [6.45, 7) is 4.09. The number of rotatable bonds is 4. The summed E-state index contributed by atoms with van der Waals surface area (Å²) in [5.41, 5.74) is 0. The number of fused-ring (bicyclic) bond motifs is 1. The SMILES string of the molecule is CS(=O)(=O)N1CCC(NCC2CNc3ccnn3C2)CC1. The minimum atomic E-state index is -3.03. The van der Waals surface area contributed by atoms with Crippen molar-refractivity contribution in [3.8, 4) is 0 Å². The maximum atomic E-state index is 11.5. The van der Waals surface area contributed by atoms with E-state index in [2.05, 4.69) is 15.7 Å². The van der Waals surface area contributed by atoms with E-state index in [0.717, 1.165) is 38.3 Å². The lowest BCUT2D eigenvalue weighted by atomic mass is 10.0. The van der Waals surface area contributed by atoms with E-state index in [4.69, 9.17) is 0 Å². The molecule has 8 heteroatoms. The van der Waals surface area contributed by atoms with Crippen LogP contribution in [-0.2, 0) is 16.6 Å². The fourth-order valence-corrected chi connectivity index (χ4v) is 3.92. The molecule has 0 aliphatic carbocycles. The van der Waals surface area contributed by atoms with E-state index in [1.165, 1.54) is 6.26 Å². The summed E-state index contributed by atoms with van der Waals surface area (Å²) in [7, 11) is -3.03. The Kier molecular flexibility index (Phi) is 4.19. The molecule has 0 radical (unpaired) electrons. The molecule has 1 unspecified atom stereocenters. The highest BCUT2D eigenvalue weighted by Gasteiger charge is 2.25. The van der Waals surface area contributed by atoms with E-state index in [0.29, 0.717) is 25.0 Å². The fraction of sp³-hybridized carbons (Fsp3) is 0.769. The van der Waals surface area contributed by atoms with Gasteiger partial charge in [-0.15, -0.1) is 0 Å². The molecule has 7 nitrogen and oxygen atoms in total. The number of nitrogens with zero attached hydrogens (tertiary/aromatic N) is 3. The second kappa shape index (κ2) is 5.94. The van der Waals surface area contributed by atoms with E-state index >= 15 is 0 Å². The molecule has 1 atom stereocenters. The molecule has 118 valence electrons. The standard InChI is InChI=1S/C13H23N5O2S/c1-21(19,20)17-6-3-12(4-7-17)14-8-11-9-15-13-2-5-16-18(13)10-11/h2,5,11-12,14-15H,3-4,6-10H2,1H3. The molecule has 1 fully saturated rings. The van der Waals surface area contributed by atoms with E-state index in [-0.39, 0.29) is 0 Å². The maximum absolute atomic E-state index is 11.5. The molecule has 1 aromatic heterocycles. The van der Waals surface area contributed by atoms with Crippen LogP contribution in [0.15, 0.2) is 12.3 Å². The number of piperidine rings is 1. The van der Waals surface area contributed by atoms with Crippen molar-refractivity contribution in [2.24, 2.45) is 5.92 Å². The first-order valence-corrected chi connectivity index (χ1v) is 9.31. The van der Waals surface area contributed by atoms with Gasteiger partial charge in [-0.3, -0.25) is 0 Å². The van der Waals surface area contributed by atoms with Crippen molar-refractivity contribution in [3.05, 3.63) is 12.3 Å². The first kappa shape index (κ1) is 14.8. The van der Waals surface area contributed by atoms with Crippen LogP contribution in [0.2, 0.25) is 0 Å². The van der Waals surface area contributed by atoms with Gasteiger partial charge in [0.05, 0.1) is 12.5 Å². The van der Waals surface area contributed by atoms with Gasteiger partial charge >= 0.3 is 0 Å². The molecule has 1 aromatic rings. The minimum Gasteiger partial charge on any atom is -0.370 e. The van der Waals surface area contributed by atoms with Crippen LogP contribution >= 0.6 is 0 Å². The van der Waals surface area contributed by atoms with Gasteiger partial charge in [0.15, 0.2) is 0 Å². The predicted octanol–water partition coefficient (Wildman–Crippen LogP) is -0.0616. The quantitative estimate of drug-likeness (QED) is 0.814. The van der Waals surface area contributed by atoms with Gasteiger partial charge in [-0.1, -0.05) is 0 Å². The first-order chi connectivity index (χ1) is 10.0. The van der Waals surface area contributed by atoms with Gasteiger partial charge in [-0.25, -0.2) is 17.4 Å². The van der Waals surface area contributed by atoms with Gasteiger partial charge < -0.3 is 10.6 Å². The summed E-state index contributed by atoms with van der Waals surface area (Å²) >= 11 is 0. The van der Waals surface area contributed by atoms with Gasteiger partial charge in [-0.05, 0) is 12.8 Å². The van der Waals surface area contributed by atoms with Gasteiger partial charge in [-0.2, -0.15) is 5.10 Å². The van der Waals surface area contributed by atoms with Crippen molar-refractivity contribution < 1.29 is 8.42 Å². The van der Waals surface area contributed by atoms with Crippen LogP contribution in [0.1, 0.15) is 12.8 Å². The third-order valence-corrected chi connectivity index (χ3v) is 5.64. The van der Waals surface area contributed by atoms with Crippen LogP contribution in [0, 0.1) is 5.92 Å². The van der Waals surface area contributed by atoms with Crippen molar-refractivity contribution >= 4 is 15.8 Å². The Morgan fingerprint density at radius 1 is 1.43 bits per heavy atom. The molecule has 3 heterocycles. The average Bonchev–Trinajstić information content (AvgIpc) is 2.92. The lowest BCUT2D eigenvalue weighted by molar-refractivity contribution is 0.274. The van der Waals surface area contributed by atoms with Crippen LogP contribution in [0.3, 0.4) is 0 Å². The number of aromatic nitrogens is 2. The van der Waals surface area contributed by atoms with Crippen molar-refractivity contribution in [1.82, 2.24) is 19.4 Å². The predicted molar refractivity (Wildman–Crippen MR) is 81.6 cm³/mol. The van der Waals surface area contributed by atoms with E-state index in [1.54, 1.807) is 4.31 Å². The van der Waals surface area contributed by atoms with Gasteiger partial charge in [0, 0.05) is 50.7 Å². The molecule has 0 saturated carbocycles. The zero-order valence-corrected chi connectivity index (χ0v) is 13.1. The summed E-state index contributed by atoms with van der Waals surface area (Å²) in [6.07, 6.45) is 4.88. The molecule has 2 aliphatic heterocycles. The summed E-state index contributed by atoms with van der Waals surface area (Å²) in [5, 5.41) is 11.3. The lowest BCUT2D eigenvalue weighted by Gasteiger charge is -2.32. The summed E-state index contributed by atoms with van der Waals surface area (Å²) < 4.78 is 26.5. The fourth-order valence-electron chi connectivity index (χ4n) is 3.05. The molecular weight excluding hydrogens is 290 g/mol. The Morgan fingerprint density at radius 2 is 2.19 bits per heavy atom. The van der Waals surface area contributed by atoms with E-state index < -0.39 is 10.0 Å². The Hall–Kier alpha value is -1.12. The third kappa shape index (κ3) is 3.56. The number of sulfonamides is 1. The zero-order valence-electron chi connectivity index (χ0n) is 12.3. The Labute approximate surface area is 125 Å². The molecule has 0 aromatic carbocycles. The number of anilines is 1. The molecular formula is C13H23N5O2S. The van der Waals surface area contributed by atoms with E-state index in [9.17, 15) is 8.42 Å². The van der Waals surface area contributed by atoms with E-state index in [1.807, 2.05) is 16.9 Å². The topological polar surface area (TPSA) is 79.3 Å². The highest BCUT2D eigenvalue weighted by Crippen LogP contribution is 2.17. The van der Waals surface area contributed by atoms with Crippen molar-refractivity contribution in [1.29, 1.82) is 0 Å². The molecule has 0 amide bonds. The van der Waals surface area contributed by atoms with Gasteiger partial charge in [0.25, 0.3) is 0 Å². The molecule has 1 saturated heterocycles. The number of hydrogen-bond acceptors (Lipinski definition) is 5. The molecule has 2 N–H and O–H groups in total. The number of hydrogen-bond donors (Lipinski definition) is 2.